The van der Waals surface area contributed by atoms with Crippen molar-refractivity contribution in [2.75, 3.05) is 20.1 Å². The van der Waals surface area contributed by atoms with Crippen molar-refractivity contribution in [3.05, 3.63) is 95.6 Å². The molecule has 28 heavy (non-hydrogen) atoms. The zero-order valence-electron chi connectivity index (χ0n) is 16.3. The van der Waals surface area contributed by atoms with Crippen LogP contribution in [0.3, 0.4) is 0 Å². The zero-order valence-corrected chi connectivity index (χ0v) is 16.3. The van der Waals surface area contributed by atoms with E-state index in [2.05, 4.69) is 57.0 Å². The summed E-state index contributed by atoms with van der Waals surface area (Å²) in [4.78, 5) is 13.6. The minimum atomic E-state index is 0.815. The molecule has 0 fully saturated rings. The number of nitrogens with zero attached hydrogens (tertiary/aromatic N) is 4. The van der Waals surface area contributed by atoms with Gasteiger partial charge in [-0.1, -0.05) is 30.2 Å². The van der Waals surface area contributed by atoms with Crippen molar-refractivity contribution in [3.63, 3.8) is 0 Å². The van der Waals surface area contributed by atoms with Crippen molar-refractivity contribution in [2.45, 2.75) is 19.6 Å². The molecule has 0 atom stereocenters. The van der Waals surface area contributed by atoms with E-state index in [1.54, 1.807) is 0 Å². The Bertz CT molecular complexity index is 870. The van der Waals surface area contributed by atoms with E-state index in [0.717, 1.165) is 49.7 Å². The SMILES string of the molecule is C#Cc1ccc(CN(CCN(C)Cc2ccccn2)Cc2ccccn2)cc1. The highest BCUT2D eigenvalue weighted by atomic mass is 15.2. The number of likely N-dealkylation sites (N-methyl/N-ethyl adjacent to an activating group) is 1. The first-order valence-electron chi connectivity index (χ1n) is 9.49. The van der Waals surface area contributed by atoms with E-state index < -0.39 is 0 Å². The molecule has 3 aromatic rings. The highest BCUT2D eigenvalue weighted by molar-refractivity contribution is 5.34. The van der Waals surface area contributed by atoms with Gasteiger partial charge in [-0.05, 0) is 49.0 Å². The van der Waals surface area contributed by atoms with Gasteiger partial charge >= 0.3 is 0 Å². The summed E-state index contributed by atoms with van der Waals surface area (Å²) >= 11 is 0. The van der Waals surface area contributed by atoms with Gasteiger partial charge < -0.3 is 0 Å². The lowest BCUT2D eigenvalue weighted by Gasteiger charge is -2.25. The van der Waals surface area contributed by atoms with E-state index in [-0.39, 0.29) is 0 Å². The van der Waals surface area contributed by atoms with Crippen LogP contribution in [0.1, 0.15) is 22.5 Å². The Labute approximate surface area is 167 Å². The summed E-state index contributed by atoms with van der Waals surface area (Å²) in [7, 11) is 2.13. The summed E-state index contributed by atoms with van der Waals surface area (Å²) in [5, 5.41) is 0. The Balaban J connectivity index is 1.62. The van der Waals surface area contributed by atoms with Crippen molar-refractivity contribution in [1.29, 1.82) is 0 Å². The van der Waals surface area contributed by atoms with Crippen LogP contribution in [0.4, 0.5) is 0 Å². The minimum absolute atomic E-state index is 0.815. The normalized spacial score (nSPS) is 10.9. The standard InChI is InChI=1S/C24H26N4/c1-3-21-10-12-22(13-11-21)18-28(20-24-9-5-7-15-26-24)17-16-27(2)19-23-8-4-6-14-25-23/h1,4-15H,16-20H2,2H3. The van der Waals surface area contributed by atoms with Crippen LogP contribution in [0.2, 0.25) is 0 Å². The predicted octanol–water partition coefficient (Wildman–Crippen LogP) is 3.59. The fraction of sp³-hybridized carbons (Fsp3) is 0.250. The van der Waals surface area contributed by atoms with Gasteiger partial charge in [0.15, 0.2) is 0 Å². The third kappa shape index (κ3) is 6.31. The van der Waals surface area contributed by atoms with Gasteiger partial charge in [-0.2, -0.15) is 0 Å². The van der Waals surface area contributed by atoms with Gasteiger partial charge in [0.05, 0.1) is 11.4 Å². The van der Waals surface area contributed by atoms with E-state index in [9.17, 15) is 0 Å². The molecule has 0 saturated heterocycles. The average molecular weight is 371 g/mol. The average Bonchev–Trinajstić information content (AvgIpc) is 2.74. The van der Waals surface area contributed by atoms with Gasteiger partial charge in [0, 0.05) is 50.7 Å². The topological polar surface area (TPSA) is 32.3 Å². The van der Waals surface area contributed by atoms with Crippen LogP contribution in [0.15, 0.2) is 73.1 Å². The van der Waals surface area contributed by atoms with Crippen LogP contribution >= 0.6 is 0 Å². The Morgan fingerprint density at radius 2 is 1.43 bits per heavy atom. The van der Waals surface area contributed by atoms with Crippen molar-refractivity contribution in [1.82, 2.24) is 19.8 Å². The fourth-order valence-corrected chi connectivity index (χ4v) is 3.06. The van der Waals surface area contributed by atoms with E-state index in [4.69, 9.17) is 6.42 Å². The van der Waals surface area contributed by atoms with Crippen LogP contribution in [0.25, 0.3) is 0 Å². The maximum Gasteiger partial charge on any atom is 0.0544 e. The molecule has 0 radical (unpaired) electrons. The molecule has 4 nitrogen and oxygen atoms in total. The number of hydrogen-bond donors (Lipinski definition) is 0. The van der Waals surface area contributed by atoms with Gasteiger partial charge in [0.2, 0.25) is 0 Å². The number of rotatable bonds is 9. The summed E-state index contributed by atoms with van der Waals surface area (Å²) in [6.45, 7) is 4.41. The molecule has 0 N–H and O–H groups in total. The molecule has 3 rings (SSSR count). The van der Waals surface area contributed by atoms with Gasteiger partial charge in [0.1, 0.15) is 0 Å². The second-order valence-corrected chi connectivity index (χ2v) is 6.93. The van der Waals surface area contributed by atoms with Crippen molar-refractivity contribution < 1.29 is 0 Å². The lowest BCUT2D eigenvalue weighted by molar-refractivity contribution is 0.206. The Morgan fingerprint density at radius 1 is 0.786 bits per heavy atom. The Morgan fingerprint density at radius 3 is 2.00 bits per heavy atom. The van der Waals surface area contributed by atoms with Crippen LogP contribution in [0.5, 0.6) is 0 Å². The zero-order chi connectivity index (χ0) is 19.6. The van der Waals surface area contributed by atoms with Crippen LogP contribution in [0, 0.1) is 12.3 Å². The van der Waals surface area contributed by atoms with E-state index in [0.29, 0.717) is 0 Å². The molecule has 4 heteroatoms. The summed E-state index contributed by atoms with van der Waals surface area (Å²) in [6.07, 6.45) is 9.16. The number of hydrogen-bond acceptors (Lipinski definition) is 4. The summed E-state index contributed by atoms with van der Waals surface area (Å²) in [6, 6.07) is 20.3. The van der Waals surface area contributed by atoms with Gasteiger partial charge in [0.25, 0.3) is 0 Å². The predicted molar refractivity (Wildman–Crippen MR) is 113 cm³/mol. The molecule has 0 unspecified atom stereocenters. The largest absolute Gasteiger partial charge is 0.299 e. The van der Waals surface area contributed by atoms with Crippen molar-refractivity contribution in [3.8, 4) is 12.3 Å². The molecule has 0 aliphatic carbocycles. The molecular weight excluding hydrogens is 344 g/mol. The maximum atomic E-state index is 5.47. The lowest BCUT2D eigenvalue weighted by atomic mass is 10.1. The molecule has 0 spiro atoms. The quantitative estimate of drug-likeness (QED) is 0.539. The first-order valence-corrected chi connectivity index (χ1v) is 9.49. The number of aromatic nitrogens is 2. The Hall–Kier alpha value is -3.00. The summed E-state index contributed by atoms with van der Waals surface area (Å²) < 4.78 is 0. The maximum absolute atomic E-state index is 5.47. The van der Waals surface area contributed by atoms with Gasteiger partial charge in [-0.15, -0.1) is 6.42 Å². The number of benzene rings is 1. The van der Waals surface area contributed by atoms with Crippen molar-refractivity contribution >= 4 is 0 Å². The lowest BCUT2D eigenvalue weighted by Crippen LogP contribution is -2.33. The molecule has 0 bridgehead atoms. The molecular formula is C24H26N4. The van der Waals surface area contributed by atoms with Gasteiger partial charge in [-0.3, -0.25) is 19.8 Å². The molecule has 2 heterocycles. The second kappa shape index (κ2) is 10.4. The summed E-state index contributed by atoms with van der Waals surface area (Å²) in [5.74, 6) is 2.67. The third-order valence-corrected chi connectivity index (χ3v) is 4.59. The van der Waals surface area contributed by atoms with Crippen LogP contribution in [-0.4, -0.2) is 39.9 Å². The van der Waals surface area contributed by atoms with Gasteiger partial charge in [-0.25, -0.2) is 0 Å². The molecule has 1 aromatic carbocycles. The van der Waals surface area contributed by atoms with E-state index in [1.165, 1.54) is 5.56 Å². The van der Waals surface area contributed by atoms with Crippen molar-refractivity contribution in [2.24, 2.45) is 0 Å². The molecule has 0 aliphatic rings. The first kappa shape index (κ1) is 19.8. The summed E-state index contributed by atoms with van der Waals surface area (Å²) in [5.41, 5.74) is 4.33. The van der Waals surface area contributed by atoms with Crippen LogP contribution < -0.4 is 0 Å². The fourth-order valence-electron chi connectivity index (χ4n) is 3.06. The highest BCUT2D eigenvalue weighted by Crippen LogP contribution is 2.10. The first-order chi connectivity index (χ1) is 13.7. The second-order valence-electron chi connectivity index (χ2n) is 6.93. The van der Waals surface area contributed by atoms with E-state index >= 15 is 0 Å². The molecule has 0 saturated carbocycles. The molecule has 0 aliphatic heterocycles. The smallest absolute Gasteiger partial charge is 0.0544 e. The highest BCUT2D eigenvalue weighted by Gasteiger charge is 2.10. The Kier molecular flexibility index (Phi) is 7.31. The molecule has 2 aromatic heterocycles. The number of pyridine rings is 2. The van der Waals surface area contributed by atoms with Crippen LogP contribution in [-0.2, 0) is 19.6 Å². The monoisotopic (exact) mass is 370 g/mol. The minimum Gasteiger partial charge on any atom is -0.299 e. The number of terminal acetylenes is 1. The molecule has 0 amide bonds. The third-order valence-electron chi connectivity index (χ3n) is 4.59. The molecule has 142 valence electrons. The van der Waals surface area contributed by atoms with E-state index in [1.807, 2.05) is 48.8 Å².